The van der Waals surface area contributed by atoms with Crippen molar-refractivity contribution in [2.45, 2.75) is 33.1 Å². The Morgan fingerprint density at radius 3 is 2.53 bits per heavy atom. The van der Waals surface area contributed by atoms with Crippen LogP contribution in [0.1, 0.15) is 42.6 Å². The predicted octanol–water partition coefficient (Wildman–Crippen LogP) is 4.84. The van der Waals surface area contributed by atoms with Crippen LogP contribution in [0, 0.1) is 0 Å². The number of aliphatic imine (C=N–C) groups is 1. The summed E-state index contributed by atoms with van der Waals surface area (Å²) in [6.07, 6.45) is 10.2. The SMILES string of the molecule is C=C/C(=C\C=C(/C)Cl)CN=CN(C)CCCCN(C=O)C(=O)c1ccccc1CC. The molecule has 0 aliphatic rings. The van der Waals surface area contributed by atoms with E-state index in [9.17, 15) is 9.59 Å². The van der Waals surface area contributed by atoms with Gasteiger partial charge in [0.2, 0.25) is 6.41 Å². The molecule has 0 fully saturated rings. The van der Waals surface area contributed by atoms with E-state index in [2.05, 4.69) is 11.6 Å². The first-order chi connectivity index (χ1) is 14.4. The molecule has 0 unspecified atom stereocenters. The second-order valence-electron chi connectivity index (χ2n) is 6.96. The standard InChI is InChI=1S/C24H32ClN3O2/c1-5-21(14-13-20(3)25)17-26-18-27(4)15-9-10-16-28(19-29)24(30)23-12-8-7-11-22(23)6-2/h5,7-8,11-14,18-19H,1,6,9-10,15-17H2,2-4H3/b20-13+,21-14+,26-18?. The van der Waals surface area contributed by atoms with Crippen molar-refractivity contribution >= 4 is 30.3 Å². The van der Waals surface area contributed by atoms with Crippen LogP contribution in [-0.4, -0.2) is 55.1 Å². The van der Waals surface area contributed by atoms with Crippen LogP contribution >= 0.6 is 11.6 Å². The number of carbonyl (C=O) groups is 2. The van der Waals surface area contributed by atoms with Crippen LogP contribution in [0.4, 0.5) is 0 Å². The van der Waals surface area contributed by atoms with Crippen molar-refractivity contribution in [3.8, 4) is 0 Å². The molecule has 6 heteroatoms. The van der Waals surface area contributed by atoms with Crippen LogP contribution in [0.2, 0.25) is 0 Å². The van der Waals surface area contributed by atoms with E-state index in [1.807, 2.05) is 56.1 Å². The van der Waals surface area contributed by atoms with E-state index in [0.29, 0.717) is 30.1 Å². The Morgan fingerprint density at radius 1 is 1.20 bits per heavy atom. The first kappa shape index (κ1) is 25.4. The Morgan fingerprint density at radius 2 is 1.90 bits per heavy atom. The van der Waals surface area contributed by atoms with Gasteiger partial charge >= 0.3 is 0 Å². The fraction of sp³-hybridized carbons (Fsp3) is 0.375. The molecular formula is C24H32ClN3O2. The minimum atomic E-state index is -0.234. The zero-order valence-electron chi connectivity index (χ0n) is 18.2. The van der Waals surface area contributed by atoms with Gasteiger partial charge in [-0.1, -0.05) is 55.5 Å². The molecule has 0 atom stereocenters. The number of carbonyl (C=O) groups excluding carboxylic acids is 2. The fourth-order valence-corrected chi connectivity index (χ4v) is 2.85. The molecule has 0 saturated carbocycles. The number of benzene rings is 1. The lowest BCUT2D eigenvalue weighted by Crippen LogP contribution is -2.31. The summed E-state index contributed by atoms with van der Waals surface area (Å²) in [4.78, 5) is 31.7. The molecule has 0 radical (unpaired) electrons. The van der Waals surface area contributed by atoms with Crippen molar-refractivity contribution in [1.29, 1.82) is 0 Å². The number of amides is 2. The zero-order chi connectivity index (χ0) is 22.4. The summed E-state index contributed by atoms with van der Waals surface area (Å²) in [5.41, 5.74) is 2.53. The van der Waals surface area contributed by atoms with Gasteiger partial charge in [0.05, 0.1) is 12.9 Å². The largest absolute Gasteiger partial charge is 0.366 e. The molecule has 5 nitrogen and oxygen atoms in total. The quantitative estimate of drug-likeness (QED) is 0.148. The molecule has 2 amide bonds. The number of rotatable bonds is 13. The van der Waals surface area contributed by atoms with E-state index >= 15 is 0 Å². The summed E-state index contributed by atoms with van der Waals surface area (Å²) in [5.74, 6) is -0.234. The van der Waals surface area contributed by atoms with Crippen LogP contribution in [-0.2, 0) is 11.2 Å². The van der Waals surface area contributed by atoms with E-state index in [0.717, 1.165) is 36.9 Å². The molecule has 0 N–H and O–H groups in total. The van der Waals surface area contributed by atoms with Gasteiger partial charge in [0.1, 0.15) is 0 Å². The summed E-state index contributed by atoms with van der Waals surface area (Å²) in [6.45, 7) is 9.31. The predicted molar refractivity (Wildman–Crippen MR) is 126 cm³/mol. The van der Waals surface area contributed by atoms with Crippen LogP contribution < -0.4 is 0 Å². The highest BCUT2D eigenvalue weighted by Gasteiger charge is 2.17. The first-order valence-corrected chi connectivity index (χ1v) is 10.5. The number of unbranched alkanes of at least 4 members (excludes halogenated alkanes) is 1. The number of hydrogen-bond acceptors (Lipinski definition) is 3. The highest BCUT2D eigenvalue weighted by molar-refractivity contribution is 6.29. The zero-order valence-corrected chi connectivity index (χ0v) is 18.9. The Labute approximate surface area is 185 Å². The number of halogens is 1. The highest BCUT2D eigenvalue weighted by atomic mass is 35.5. The topological polar surface area (TPSA) is 53.0 Å². The third-order valence-electron chi connectivity index (χ3n) is 4.52. The molecule has 1 aromatic carbocycles. The number of hydrogen-bond donors (Lipinski definition) is 0. The summed E-state index contributed by atoms with van der Waals surface area (Å²) in [7, 11) is 1.95. The summed E-state index contributed by atoms with van der Waals surface area (Å²) in [6, 6.07) is 7.42. The monoisotopic (exact) mass is 429 g/mol. The van der Waals surface area contributed by atoms with Crippen molar-refractivity contribution in [2.24, 2.45) is 4.99 Å². The second-order valence-corrected chi connectivity index (χ2v) is 7.55. The lowest BCUT2D eigenvalue weighted by molar-refractivity contribution is -0.116. The van der Waals surface area contributed by atoms with E-state index in [-0.39, 0.29) is 5.91 Å². The van der Waals surface area contributed by atoms with E-state index in [1.54, 1.807) is 18.5 Å². The minimum Gasteiger partial charge on any atom is -0.366 e. The molecule has 0 spiro atoms. The Balaban J connectivity index is 2.46. The van der Waals surface area contributed by atoms with Crippen molar-refractivity contribution in [3.63, 3.8) is 0 Å². The Kier molecular flexibility index (Phi) is 12.1. The third kappa shape index (κ3) is 9.23. The molecule has 0 saturated heterocycles. The number of allylic oxidation sites excluding steroid dienone is 3. The number of nitrogens with zero attached hydrogens (tertiary/aromatic N) is 3. The number of aryl methyl sites for hydroxylation is 1. The molecule has 0 heterocycles. The molecule has 0 aromatic heterocycles. The van der Waals surface area contributed by atoms with Gasteiger partial charge in [-0.2, -0.15) is 0 Å². The maximum atomic E-state index is 12.7. The lowest BCUT2D eigenvalue weighted by atomic mass is 10.0. The van der Waals surface area contributed by atoms with Gasteiger partial charge in [0, 0.05) is 30.7 Å². The van der Waals surface area contributed by atoms with Gasteiger partial charge in [-0.15, -0.1) is 0 Å². The van der Waals surface area contributed by atoms with Crippen molar-refractivity contribution in [3.05, 3.63) is 70.8 Å². The highest BCUT2D eigenvalue weighted by Crippen LogP contribution is 2.12. The van der Waals surface area contributed by atoms with Crippen molar-refractivity contribution in [2.75, 3.05) is 26.7 Å². The van der Waals surface area contributed by atoms with Gasteiger partial charge in [-0.3, -0.25) is 19.5 Å². The maximum absolute atomic E-state index is 12.7. The van der Waals surface area contributed by atoms with E-state index in [1.165, 1.54) is 4.90 Å². The molecule has 1 rings (SSSR count). The second kappa shape index (κ2) is 14.3. The van der Waals surface area contributed by atoms with Crippen LogP contribution in [0.3, 0.4) is 0 Å². The van der Waals surface area contributed by atoms with Crippen molar-refractivity contribution < 1.29 is 9.59 Å². The smallest absolute Gasteiger partial charge is 0.260 e. The van der Waals surface area contributed by atoms with E-state index < -0.39 is 0 Å². The number of imide groups is 1. The summed E-state index contributed by atoms with van der Waals surface area (Å²) in [5, 5.41) is 0.705. The van der Waals surface area contributed by atoms with Crippen LogP contribution in [0.15, 0.2) is 64.7 Å². The molecule has 162 valence electrons. The average Bonchev–Trinajstić information content (AvgIpc) is 2.75. The van der Waals surface area contributed by atoms with Crippen molar-refractivity contribution in [1.82, 2.24) is 9.80 Å². The lowest BCUT2D eigenvalue weighted by Gasteiger charge is -2.18. The van der Waals surface area contributed by atoms with Gasteiger partial charge in [0.15, 0.2) is 0 Å². The summed E-state index contributed by atoms with van der Waals surface area (Å²) < 4.78 is 0. The molecular weight excluding hydrogens is 398 g/mol. The molecule has 1 aromatic rings. The Bertz CT molecular complexity index is 795. The van der Waals surface area contributed by atoms with Gasteiger partial charge in [0.25, 0.3) is 5.91 Å². The summed E-state index contributed by atoms with van der Waals surface area (Å²) >= 11 is 5.83. The van der Waals surface area contributed by atoms with Gasteiger partial charge in [-0.25, -0.2) is 0 Å². The van der Waals surface area contributed by atoms with Crippen LogP contribution in [0.25, 0.3) is 0 Å². The molecule has 30 heavy (non-hydrogen) atoms. The van der Waals surface area contributed by atoms with Crippen LogP contribution in [0.5, 0.6) is 0 Å². The van der Waals surface area contributed by atoms with Gasteiger partial charge in [-0.05, 0) is 49.5 Å². The first-order valence-electron chi connectivity index (χ1n) is 10.1. The minimum absolute atomic E-state index is 0.234. The van der Waals surface area contributed by atoms with E-state index in [4.69, 9.17) is 11.6 Å². The maximum Gasteiger partial charge on any atom is 0.260 e. The fourth-order valence-electron chi connectivity index (χ4n) is 2.79. The Hall–Kier alpha value is -2.66. The third-order valence-corrected chi connectivity index (χ3v) is 4.64. The molecule has 0 aliphatic carbocycles. The van der Waals surface area contributed by atoms with Gasteiger partial charge < -0.3 is 4.90 Å². The molecule has 0 bridgehead atoms. The molecule has 0 aliphatic heterocycles. The normalized spacial score (nSPS) is 12.1. The average molecular weight is 430 g/mol.